The van der Waals surface area contributed by atoms with Crippen LogP contribution in [0.3, 0.4) is 0 Å². The van der Waals surface area contributed by atoms with Crippen molar-refractivity contribution in [3.05, 3.63) is 25.6 Å². The third-order valence-electron chi connectivity index (χ3n) is 2.44. The van der Waals surface area contributed by atoms with E-state index in [2.05, 4.69) is 29.1 Å². The second-order valence-corrected chi connectivity index (χ2v) is 3.87. The molecule has 0 bridgehead atoms. The summed E-state index contributed by atoms with van der Waals surface area (Å²) in [4.78, 5) is 23.1. The lowest BCUT2D eigenvalue weighted by Gasteiger charge is -2.17. The molecule has 0 radical (unpaired) electrons. The molecule has 0 heterocycles. The molecule has 1 atom stereocenters. The van der Waals surface area contributed by atoms with Gasteiger partial charge in [0.1, 0.15) is 6.04 Å². The molecule has 0 aliphatic rings. The molecule has 0 spiro atoms. The van der Waals surface area contributed by atoms with Crippen molar-refractivity contribution in [3.8, 4) is 0 Å². The average Bonchev–Trinajstić information content (AvgIpc) is 2.42. The van der Waals surface area contributed by atoms with E-state index in [-0.39, 0.29) is 18.4 Å². The molecule has 19 heavy (non-hydrogen) atoms. The minimum atomic E-state index is -0.533. The van der Waals surface area contributed by atoms with Gasteiger partial charge in [0, 0.05) is 13.6 Å². The van der Waals surface area contributed by atoms with Crippen molar-refractivity contribution in [1.82, 2.24) is 16.0 Å². The van der Waals surface area contributed by atoms with Gasteiger partial charge in [0.15, 0.2) is 6.61 Å². The van der Waals surface area contributed by atoms with Crippen molar-refractivity contribution in [3.63, 3.8) is 0 Å². The van der Waals surface area contributed by atoms with Gasteiger partial charge in [-0.15, -0.1) is 0 Å². The molecule has 108 valence electrons. The van der Waals surface area contributed by atoms with Gasteiger partial charge < -0.3 is 20.7 Å². The van der Waals surface area contributed by atoms with Crippen LogP contribution in [0.2, 0.25) is 0 Å². The molecule has 6 heteroatoms. The van der Waals surface area contributed by atoms with Crippen LogP contribution in [0.4, 0.5) is 0 Å². The Morgan fingerprint density at radius 2 is 2.05 bits per heavy atom. The van der Waals surface area contributed by atoms with E-state index >= 15 is 0 Å². The summed E-state index contributed by atoms with van der Waals surface area (Å²) in [7, 11) is 1.54. The van der Waals surface area contributed by atoms with Crippen molar-refractivity contribution in [2.75, 3.05) is 20.2 Å². The number of hydrogen-bond acceptors (Lipinski definition) is 4. The predicted molar refractivity (Wildman–Crippen MR) is 74.2 cm³/mol. The highest BCUT2D eigenvalue weighted by molar-refractivity contribution is 5.87. The summed E-state index contributed by atoms with van der Waals surface area (Å²) in [5.74, 6) is -0.540. The molecule has 0 fully saturated rings. The fourth-order valence-electron chi connectivity index (χ4n) is 1.49. The number of rotatable bonds is 11. The molecule has 2 amide bonds. The Kier molecular flexibility index (Phi) is 9.97. The quantitative estimate of drug-likeness (QED) is 0.372. The molecule has 0 unspecified atom stereocenters. The van der Waals surface area contributed by atoms with E-state index < -0.39 is 6.04 Å². The van der Waals surface area contributed by atoms with Crippen molar-refractivity contribution < 1.29 is 14.3 Å². The molecule has 0 aliphatic carbocycles. The number of amides is 2. The molecule has 0 saturated carbocycles. The van der Waals surface area contributed by atoms with Gasteiger partial charge in [-0.2, -0.15) is 0 Å². The molecule has 0 rings (SSSR count). The fraction of sp³-hybridized carbons (Fsp3) is 0.538. The molecule has 0 saturated heterocycles. The van der Waals surface area contributed by atoms with E-state index in [1.165, 1.54) is 6.26 Å². The Bertz CT molecular complexity index is 306. The lowest BCUT2D eigenvalue weighted by molar-refractivity contribution is -0.130. The van der Waals surface area contributed by atoms with Gasteiger partial charge in [-0.1, -0.05) is 13.2 Å². The Balaban J connectivity index is 4.08. The number of likely N-dealkylation sites (N-methyl/N-ethyl adjacent to an activating group) is 1. The summed E-state index contributed by atoms with van der Waals surface area (Å²) in [5, 5.41) is 8.14. The number of carbonyl (C=O) groups is 2. The summed E-state index contributed by atoms with van der Waals surface area (Å²) in [6, 6.07) is -0.533. The Hall–Kier alpha value is -1.98. The Morgan fingerprint density at radius 3 is 2.63 bits per heavy atom. The van der Waals surface area contributed by atoms with Crippen molar-refractivity contribution in [2.45, 2.75) is 25.3 Å². The molecule has 0 aromatic rings. The van der Waals surface area contributed by atoms with Crippen LogP contribution in [0.5, 0.6) is 0 Å². The minimum absolute atomic E-state index is 0.130. The number of hydrogen-bond donors (Lipinski definition) is 3. The average molecular weight is 269 g/mol. The van der Waals surface area contributed by atoms with Crippen LogP contribution < -0.4 is 16.0 Å². The lowest BCUT2D eigenvalue weighted by atomic mass is 10.1. The largest absolute Gasteiger partial charge is 0.492 e. The molecule has 0 aliphatic heterocycles. The second-order valence-electron chi connectivity index (χ2n) is 3.87. The van der Waals surface area contributed by atoms with Crippen molar-refractivity contribution >= 4 is 11.8 Å². The molecular formula is C13H23N3O3. The third kappa shape index (κ3) is 8.70. The summed E-state index contributed by atoms with van der Waals surface area (Å²) in [6.07, 6.45) is 5.12. The Labute approximate surface area is 114 Å². The molecule has 0 aromatic carbocycles. The highest BCUT2D eigenvalue weighted by Crippen LogP contribution is 2.01. The first-order chi connectivity index (χ1) is 9.15. The van der Waals surface area contributed by atoms with E-state index in [0.717, 1.165) is 19.4 Å². The second kappa shape index (κ2) is 11.1. The summed E-state index contributed by atoms with van der Waals surface area (Å²) in [6.45, 7) is 7.57. The molecular weight excluding hydrogens is 246 g/mol. The van der Waals surface area contributed by atoms with E-state index in [1.54, 1.807) is 13.2 Å². The highest BCUT2D eigenvalue weighted by Gasteiger charge is 2.18. The first kappa shape index (κ1) is 17.0. The zero-order chi connectivity index (χ0) is 14.5. The van der Waals surface area contributed by atoms with E-state index in [0.29, 0.717) is 6.42 Å². The van der Waals surface area contributed by atoms with E-state index in [4.69, 9.17) is 4.74 Å². The molecule has 0 aromatic heterocycles. The van der Waals surface area contributed by atoms with Gasteiger partial charge in [0.05, 0.1) is 6.26 Å². The van der Waals surface area contributed by atoms with Gasteiger partial charge in [-0.05, 0) is 25.5 Å². The molecule has 3 N–H and O–H groups in total. The van der Waals surface area contributed by atoms with E-state index in [9.17, 15) is 9.59 Å². The van der Waals surface area contributed by atoms with Gasteiger partial charge >= 0.3 is 0 Å². The van der Waals surface area contributed by atoms with Crippen LogP contribution in [-0.2, 0) is 14.3 Å². The van der Waals surface area contributed by atoms with Crippen LogP contribution >= 0.6 is 0 Å². The first-order valence-electron chi connectivity index (χ1n) is 6.23. The van der Waals surface area contributed by atoms with Gasteiger partial charge in [-0.25, -0.2) is 0 Å². The zero-order valence-electron chi connectivity index (χ0n) is 11.4. The van der Waals surface area contributed by atoms with E-state index in [1.807, 2.05) is 0 Å². The molecule has 6 nitrogen and oxygen atoms in total. The van der Waals surface area contributed by atoms with Crippen LogP contribution in [0.1, 0.15) is 19.3 Å². The number of carbonyl (C=O) groups excluding carboxylic acids is 2. The number of unbranched alkanes of at least 4 members (excludes halogenated alkanes) is 1. The van der Waals surface area contributed by atoms with Gasteiger partial charge in [0.2, 0.25) is 5.91 Å². The maximum Gasteiger partial charge on any atom is 0.258 e. The van der Waals surface area contributed by atoms with Crippen molar-refractivity contribution in [1.29, 1.82) is 0 Å². The van der Waals surface area contributed by atoms with Crippen molar-refractivity contribution in [2.24, 2.45) is 0 Å². The maximum absolute atomic E-state index is 11.6. The minimum Gasteiger partial charge on any atom is -0.492 e. The fourth-order valence-corrected chi connectivity index (χ4v) is 1.49. The standard InChI is InChI=1S/C13H23N3O3/c1-4-15-9-7-6-8-11(13(18)14-3)16-12(17)10-19-5-2/h4-5,11,15H,1-2,6-10H2,3H3,(H,14,18)(H,16,17)/t11-/m0/s1. The monoisotopic (exact) mass is 269 g/mol. The third-order valence-corrected chi connectivity index (χ3v) is 2.44. The zero-order valence-corrected chi connectivity index (χ0v) is 11.4. The number of ether oxygens (including phenoxy) is 1. The van der Waals surface area contributed by atoms with Crippen LogP contribution in [0.15, 0.2) is 25.6 Å². The summed E-state index contributed by atoms with van der Waals surface area (Å²) in [5.41, 5.74) is 0. The number of nitrogens with one attached hydrogen (secondary N) is 3. The smallest absolute Gasteiger partial charge is 0.258 e. The van der Waals surface area contributed by atoms with Gasteiger partial charge in [0.25, 0.3) is 5.91 Å². The highest BCUT2D eigenvalue weighted by atomic mass is 16.5. The Morgan fingerprint density at radius 1 is 1.32 bits per heavy atom. The normalized spacial score (nSPS) is 11.0. The topological polar surface area (TPSA) is 79.5 Å². The first-order valence-corrected chi connectivity index (χ1v) is 6.23. The SMILES string of the molecule is C=CNCCCC[C@H](NC(=O)COC=C)C(=O)NC. The van der Waals surface area contributed by atoms with Gasteiger partial charge in [-0.3, -0.25) is 9.59 Å². The van der Waals surface area contributed by atoms with Crippen LogP contribution in [0, 0.1) is 0 Å². The van der Waals surface area contributed by atoms with Crippen LogP contribution in [0.25, 0.3) is 0 Å². The summed E-state index contributed by atoms with van der Waals surface area (Å²) < 4.78 is 4.77. The summed E-state index contributed by atoms with van der Waals surface area (Å²) >= 11 is 0. The van der Waals surface area contributed by atoms with Crippen LogP contribution in [-0.4, -0.2) is 38.1 Å². The lowest BCUT2D eigenvalue weighted by Crippen LogP contribution is -2.46. The predicted octanol–water partition coefficient (Wildman–Crippen LogP) is 0.281. The maximum atomic E-state index is 11.6.